The van der Waals surface area contributed by atoms with Gasteiger partial charge in [0.1, 0.15) is 0 Å². The molecule has 0 amide bonds. The summed E-state index contributed by atoms with van der Waals surface area (Å²) < 4.78 is 12.5. The Hall–Kier alpha value is 0.110. The standard InChI is InChI=1S/C15H31NOS/c1-4-5-13-6-7-14(11-16)15(10-13)18(17)9-8-12(2)3/h12-15H,4-11,16H2,1-3H3. The summed E-state index contributed by atoms with van der Waals surface area (Å²) in [5.41, 5.74) is 5.87. The first kappa shape index (κ1) is 16.2. The maximum absolute atomic E-state index is 12.5. The van der Waals surface area contributed by atoms with Gasteiger partial charge in [0.2, 0.25) is 0 Å². The van der Waals surface area contributed by atoms with Gasteiger partial charge >= 0.3 is 0 Å². The second-order valence-electron chi connectivity index (χ2n) is 6.27. The second-order valence-corrected chi connectivity index (χ2v) is 8.04. The molecule has 0 aromatic carbocycles. The number of rotatable bonds is 7. The normalized spacial score (nSPS) is 30.6. The van der Waals surface area contributed by atoms with Crippen LogP contribution in [0.2, 0.25) is 0 Å². The van der Waals surface area contributed by atoms with E-state index in [0.29, 0.717) is 17.1 Å². The molecule has 0 heterocycles. The van der Waals surface area contributed by atoms with E-state index in [9.17, 15) is 4.21 Å². The van der Waals surface area contributed by atoms with Crippen molar-refractivity contribution in [3.8, 4) is 0 Å². The molecule has 4 unspecified atom stereocenters. The van der Waals surface area contributed by atoms with Gasteiger partial charge in [-0.1, -0.05) is 40.0 Å². The second kappa shape index (κ2) is 8.31. The van der Waals surface area contributed by atoms with Crippen molar-refractivity contribution in [3.63, 3.8) is 0 Å². The number of hydrogen-bond acceptors (Lipinski definition) is 2. The van der Waals surface area contributed by atoms with Crippen LogP contribution in [0, 0.1) is 17.8 Å². The molecule has 1 saturated carbocycles. The third-order valence-electron chi connectivity index (χ3n) is 4.27. The van der Waals surface area contributed by atoms with Gasteiger partial charge in [0.05, 0.1) is 0 Å². The van der Waals surface area contributed by atoms with Crippen molar-refractivity contribution in [2.24, 2.45) is 23.5 Å². The molecule has 4 atom stereocenters. The van der Waals surface area contributed by atoms with Crippen LogP contribution in [-0.4, -0.2) is 21.8 Å². The molecule has 2 nitrogen and oxygen atoms in total. The van der Waals surface area contributed by atoms with Crippen molar-refractivity contribution >= 4 is 10.8 Å². The minimum atomic E-state index is -0.661. The molecular formula is C15H31NOS. The van der Waals surface area contributed by atoms with Crippen molar-refractivity contribution in [1.82, 2.24) is 0 Å². The largest absolute Gasteiger partial charge is 0.330 e. The summed E-state index contributed by atoms with van der Waals surface area (Å²) in [5, 5.41) is 0.374. The lowest BCUT2D eigenvalue weighted by Crippen LogP contribution is -2.38. The fraction of sp³-hybridized carbons (Fsp3) is 1.00. The van der Waals surface area contributed by atoms with Gasteiger partial charge in [-0.2, -0.15) is 0 Å². The maximum atomic E-state index is 12.5. The molecule has 0 bridgehead atoms. The fourth-order valence-corrected chi connectivity index (χ4v) is 5.21. The lowest BCUT2D eigenvalue weighted by Gasteiger charge is -2.35. The van der Waals surface area contributed by atoms with Gasteiger partial charge in [-0.05, 0) is 43.6 Å². The summed E-state index contributed by atoms with van der Waals surface area (Å²) >= 11 is 0. The first-order valence-electron chi connectivity index (χ1n) is 7.65. The van der Waals surface area contributed by atoms with E-state index in [-0.39, 0.29) is 0 Å². The molecule has 0 aromatic rings. The summed E-state index contributed by atoms with van der Waals surface area (Å²) in [7, 11) is -0.661. The SMILES string of the molecule is CCCC1CCC(CN)C(S(=O)CCC(C)C)C1. The van der Waals surface area contributed by atoms with Gasteiger partial charge in [0, 0.05) is 21.8 Å². The fourth-order valence-electron chi connectivity index (χ4n) is 3.04. The van der Waals surface area contributed by atoms with Crippen molar-refractivity contribution in [3.05, 3.63) is 0 Å². The Bertz CT molecular complexity index is 255. The maximum Gasteiger partial charge on any atom is 0.0390 e. The van der Waals surface area contributed by atoms with Crippen molar-refractivity contribution < 1.29 is 4.21 Å². The smallest absolute Gasteiger partial charge is 0.0390 e. The average molecular weight is 273 g/mol. The first-order valence-corrected chi connectivity index (χ1v) is 9.03. The molecule has 108 valence electrons. The molecule has 0 aromatic heterocycles. The molecule has 3 heteroatoms. The Kier molecular flexibility index (Phi) is 7.47. The zero-order valence-corrected chi connectivity index (χ0v) is 13.2. The lowest BCUT2D eigenvalue weighted by atomic mass is 9.80. The summed E-state index contributed by atoms with van der Waals surface area (Å²) in [4.78, 5) is 0. The van der Waals surface area contributed by atoms with Gasteiger partial charge in [0.15, 0.2) is 0 Å². The third kappa shape index (κ3) is 5.00. The Labute approximate surface area is 116 Å². The van der Waals surface area contributed by atoms with E-state index in [1.807, 2.05) is 0 Å². The van der Waals surface area contributed by atoms with Crippen LogP contribution in [0.1, 0.15) is 59.3 Å². The monoisotopic (exact) mass is 273 g/mol. The highest BCUT2D eigenvalue weighted by Gasteiger charge is 2.32. The van der Waals surface area contributed by atoms with Gasteiger partial charge in [-0.25, -0.2) is 0 Å². The predicted octanol–water partition coefficient (Wildman–Crippen LogP) is 3.32. The molecule has 1 aliphatic carbocycles. The van der Waals surface area contributed by atoms with Gasteiger partial charge < -0.3 is 5.73 Å². The number of hydrogen-bond donors (Lipinski definition) is 1. The Morgan fingerprint density at radius 2 is 2.06 bits per heavy atom. The van der Waals surface area contributed by atoms with Gasteiger partial charge in [-0.3, -0.25) is 4.21 Å². The predicted molar refractivity (Wildman–Crippen MR) is 81.0 cm³/mol. The van der Waals surface area contributed by atoms with Gasteiger partial charge in [-0.15, -0.1) is 0 Å². The molecule has 0 spiro atoms. The van der Waals surface area contributed by atoms with Crippen LogP contribution in [-0.2, 0) is 10.8 Å². The Morgan fingerprint density at radius 1 is 1.33 bits per heavy atom. The molecule has 2 N–H and O–H groups in total. The minimum Gasteiger partial charge on any atom is -0.330 e. The first-order chi connectivity index (χ1) is 8.58. The highest BCUT2D eigenvalue weighted by Crippen LogP contribution is 2.34. The van der Waals surface area contributed by atoms with Crippen LogP contribution in [0.4, 0.5) is 0 Å². The van der Waals surface area contributed by atoms with E-state index in [2.05, 4.69) is 20.8 Å². The summed E-state index contributed by atoms with van der Waals surface area (Å²) in [5.74, 6) is 2.83. The summed E-state index contributed by atoms with van der Waals surface area (Å²) in [6.07, 6.45) is 7.28. The van der Waals surface area contributed by atoms with Gasteiger partial charge in [0.25, 0.3) is 0 Å². The zero-order valence-electron chi connectivity index (χ0n) is 12.4. The minimum absolute atomic E-state index is 0.374. The summed E-state index contributed by atoms with van der Waals surface area (Å²) in [6.45, 7) is 7.38. The van der Waals surface area contributed by atoms with Crippen LogP contribution in [0.3, 0.4) is 0 Å². The quantitative estimate of drug-likeness (QED) is 0.773. The molecule has 18 heavy (non-hydrogen) atoms. The number of nitrogens with two attached hydrogens (primary N) is 1. The van der Waals surface area contributed by atoms with Crippen molar-refractivity contribution in [2.45, 2.75) is 64.5 Å². The molecule has 1 fully saturated rings. The highest BCUT2D eigenvalue weighted by atomic mass is 32.2. The average Bonchev–Trinajstić information content (AvgIpc) is 2.36. The molecule has 0 aliphatic heterocycles. The van der Waals surface area contributed by atoms with E-state index in [1.165, 1.54) is 25.7 Å². The molecule has 1 rings (SSSR count). The van der Waals surface area contributed by atoms with Crippen LogP contribution in [0.15, 0.2) is 0 Å². The van der Waals surface area contributed by atoms with E-state index in [4.69, 9.17) is 5.73 Å². The lowest BCUT2D eigenvalue weighted by molar-refractivity contribution is 0.272. The Morgan fingerprint density at radius 3 is 2.61 bits per heavy atom. The van der Waals surface area contributed by atoms with E-state index in [1.54, 1.807) is 0 Å². The van der Waals surface area contributed by atoms with Crippen LogP contribution < -0.4 is 5.73 Å². The molecule has 0 radical (unpaired) electrons. The zero-order chi connectivity index (χ0) is 13.5. The topological polar surface area (TPSA) is 43.1 Å². The van der Waals surface area contributed by atoms with E-state index < -0.39 is 10.8 Å². The van der Waals surface area contributed by atoms with Crippen molar-refractivity contribution in [2.75, 3.05) is 12.3 Å². The van der Waals surface area contributed by atoms with Crippen molar-refractivity contribution in [1.29, 1.82) is 0 Å². The van der Waals surface area contributed by atoms with Crippen LogP contribution in [0.5, 0.6) is 0 Å². The van der Waals surface area contributed by atoms with Crippen LogP contribution in [0.25, 0.3) is 0 Å². The third-order valence-corrected chi connectivity index (χ3v) is 6.16. The van der Waals surface area contributed by atoms with Crippen LogP contribution >= 0.6 is 0 Å². The van der Waals surface area contributed by atoms with E-state index >= 15 is 0 Å². The Balaban J connectivity index is 2.53. The van der Waals surface area contributed by atoms with E-state index in [0.717, 1.165) is 31.1 Å². The summed E-state index contributed by atoms with van der Waals surface area (Å²) in [6, 6.07) is 0. The molecule has 1 aliphatic rings. The highest BCUT2D eigenvalue weighted by molar-refractivity contribution is 7.85. The molecule has 0 saturated heterocycles. The molecular weight excluding hydrogens is 242 g/mol.